The molecular weight excluding hydrogens is 432 g/mol. The minimum atomic E-state index is -2.10. The number of benzene rings is 3. The van der Waals surface area contributed by atoms with Crippen LogP contribution < -0.4 is 4.90 Å². The number of halogens is 1. The van der Waals surface area contributed by atoms with E-state index in [1.807, 2.05) is 31.2 Å². The summed E-state index contributed by atoms with van der Waals surface area (Å²) < 4.78 is 0. The normalized spacial score (nSPS) is 17.3. The number of amides is 1. The number of aliphatic hydroxyl groups is 1. The minimum absolute atomic E-state index is 0.154. The molecule has 1 N–H and O–H groups in total. The number of nitro benzene ring substituents is 1. The topological polar surface area (TPSA) is 101 Å². The third-order valence-corrected chi connectivity index (χ3v) is 5.94. The van der Waals surface area contributed by atoms with Crippen LogP contribution in [-0.4, -0.2) is 21.7 Å². The summed E-state index contributed by atoms with van der Waals surface area (Å²) in [6, 6.07) is 17.4. The van der Waals surface area contributed by atoms with Crippen LogP contribution in [0.1, 0.15) is 33.5 Å². The summed E-state index contributed by atoms with van der Waals surface area (Å²) in [7, 11) is 0. The van der Waals surface area contributed by atoms with Crippen molar-refractivity contribution in [1.29, 1.82) is 0 Å². The molecule has 1 amide bonds. The molecule has 0 aliphatic carbocycles. The molecule has 162 valence electrons. The van der Waals surface area contributed by atoms with Gasteiger partial charge in [0.05, 0.1) is 23.6 Å². The van der Waals surface area contributed by atoms with Crippen LogP contribution >= 0.6 is 11.6 Å². The van der Waals surface area contributed by atoms with Crippen LogP contribution in [0.25, 0.3) is 0 Å². The molecule has 0 fully saturated rings. The Kier molecular flexibility index (Phi) is 5.54. The van der Waals surface area contributed by atoms with E-state index in [2.05, 4.69) is 0 Å². The zero-order valence-electron chi connectivity index (χ0n) is 17.1. The average Bonchev–Trinajstić information content (AvgIpc) is 2.96. The first-order chi connectivity index (χ1) is 15.2. The second-order valence-electron chi connectivity index (χ2n) is 7.74. The largest absolute Gasteiger partial charge is 0.375 e. The zero-order chi connectivity index (χ0) is 23.0. The van der Waals surface area contributed by atoms with E-state index in [9.17, 15) is 24.8 Å². The molecule has 0 saturated heterocycles. The van der Waals surface area contributed by atoms with Gasteiger partial charge in [0.2, 0.25) is 0 Å². The fourth-order valence-electron chi connectivity index (χ4n) is 3.91. The van der Waals surface area contributed by atoms with E-state index >= 15 is 0 Å². The van der Waals surface area contributed by atoms with Gasteiger partial charge < -0.3 is 10.0 Å². The molecule has 32 heavy (non-hydrogen) atoms. The first-order valence-corrected chi connectivity index (χ1v) is 10.2. The molecule has 1 aliphatic heterocycles. The van der Waals surface area contributed by atoms with Gasteiger partial charge in [0.15, 0.2) is 11.4 Å². The Balaban J connectivity index is 1.69. The van der Waals surface area contributed by atoms with Gasteiger partial charge in [-0.2, -0.15) is 0 Å². The number of nitro groups is 1. The van der Waals surface area contributed by atoms with Gasteiger partial charge in [0.25, 0.3) is 11.6 Å². The van der Waals surface area contributed by atoms with Crippen LogP contribution in [0.2, 0.25) is 5.02 Å². The van der Waals surface area contributed by atoms with E-state index in [4.69, 9.17) is 11.6 Å². The van der Waals surface area contributed by atoms with Gasteiger partial charge >= 0.3 is 0 Å². The smallest absolute Gasteiger partial charge is 0.269 e. The van der Waals surface area contributed by atoms with Gasteiger partial charge in [0.1, 0.15) is 0 Å². The standard InChI is InChI=1S/C24H19ClN2O5/c1-15-4-2-3-5-17(15)14-26-21-11-8-18(25)12-20(21)24(30,23(26)29)13-22(28)16-6-9-19(10-7-16)27(31)32/h2-12,30H,13-14H2,1H3. The molecule has 0 radical (unpaired) electrons. The maximum Gasteiger partial charge on any atom is 0.269 e. The SMILES string of the molecule is Cc1ccccc1CN1C(=O)C(O)(CC(=O)c2ccc([N+](=O)[O-])cc2)c2cc(Cl)ccc21. The molecule has 1 aliphatic rings. The van der Waals surface area contributed by atoms with Crippen LogP contribution in [0.15, 0.2) is 66.7 Å². The Labute approximate surface area is 189 Å². The van der Waals surface area contributed by atoms with Gasteiger partial charge in [-0.1, -0.05) is 35.9 Å². The number of rotatable bonds is 6. The lowest BCUT2D eigenvalue weighted by molar-refractivity contribution is -0.384. The number of hydrogen-bond donors (Lipinski definition) is 1. The maximum atomic E-state index is 13.4. The van der Waals surface area contributed by atoms with E-state index < -0.39 is 28.6 Å². The Morgan fingerprint density at radius 1 is 1.12 bits per heavy atom. The Morgan fingerprint density at radius 3 is 2.47 bits per heavy atom. The number of anilines is 1. The van der Waals surface area contributed by atoms with E-state index in [-0.39, 0.29) is 23.4 Å². The lowest BCUT2D eigenvalue weighted by Gasteiger charge is -2.23. The van der Waals surface area contributed by atoms with Gasteiger partial charge in [-0.25, -0.2) is 0 Å². The predicted octanol–water partition coefficient (Wildman–Crippen LogP) is 4.56. The quantitative estimate of drug-likeness (QED) is 0.337. The lowest BCUT2D eigenvalue weighted by atomic mass is 9.88. The number of non-ortho nitro benzene ring substituents is 1. The summed E-state index contributed by atoms with van der Waals surface area (Å²) >= 11 is 6.14. The van der Waals surface area contributed by atoms with Crippen molar-refractivity contribution in [3.63, 3.8) is 0 Å². The number of nitrogens with zero attached hydrogens (tertiary/aromatic N) is 2. The number of ketones is 1. The maximum absolute atomic E-state index is 13.4. The van der Waals surface area contributed by atoms with Crippen LogP contribution in [0, 0.1) is 17.0 Å². The molecule has 3 aromatic rings. The molecule has 1 unspecified atom stereocenters. The van der Waals surface area contributed by atoms with Gasteiger partial charge in [-0.15, -0.1) is 0 Å². The minimum Gasteiger partial charge on any atom is -0.375 e. The molecule has 0 bridgehead atoms. The van der Waals surface area contributed by atoms with E-state index in [0.717, 1.165) is 11.1 Å². The van der Waals surface area contributed by atoms with Crippen molar-refractivity contribution in [3.05, 3.63) is 104 Å². The summed E-state index contributed by atoms with van der Waals surface area (Å²) in [5.41, 5.74) is 0.569. The summed E-state index contributed by atoms with van der Waals surface area (Å²) in [4.78, 5) is 38.1. The summed E-state index contributed by atoms with van der Waals surface area (Å²) in [6.07, 6.45) is -0.513. The van der Waals surface area contributed by atoms with Crippen LogP contribution in [-0.2, 0) is 16.9 Å². The highest BCUT2D eigenvalue weighted by atomic mass is 35.5. The molecule has 8 heteroatoms. The van der Waals surface area contributed by atoms with Gasteiger partial charge in [-0.05, 0) is 48.4 Å². The molecule has 7 nitrogen and oxygen atoms in total. The van der Waals surface area contributed by atoms with Crippen LogP contribution in [0.5, 0.6) is 0 Å². The van der Waals surface area contributed by atoms with Gasteiger partial charge in [0, 0.05) is 28.3 Å². The van der Waals surface area contributed by atoms with Crippen molar-refractivity contribution in [1.82, 2.24) is 0 Å². The Hall–Kier alpha value is -3.55. The highest BCUT2D eigenvalue weighted by Crippen LogP contribution is 2.45. The summed E-state index contributed by atoms with van der Waals surface area (Å²) in [6.45, 7) is 2.16. The number of hydrogen-bond acceptors (Lipinski definition) is 5. The average molecular weight is 451 g/mol. The Bertz CT molecular complexity index is 1240. The molecule has 4 rings (SSSR count). The van der Waals surface area contributed by atoms with E-state index in [1.165, 1.54) is 35.2 Å². The highest BCUT2D eigenvalue weighted by molar-refractivity contribution is 6.31. The van der Waals surface area contributed by atoms with Crippen molar-refractivity contribution in [3.8, 4) is 0 Å². The molecule has 0 aromatic heterocycles. The molecule has 0 spiro atoms. The number of carbonyl (C=O) groups is 2. The Morgan fingerprint density at radius 2 is 1.81 bits per heavy atom. The van der Waals surface area contributed by atoms with Crippen LogP contribution in [0.3, 0.4) is 0 Å². The number of aryl methyl sites for hydroxylation is 1. The monoisotopic (exact) mass is 450 g/mol. The van der Waals surface area contributed by atoms with Crippen molar-refractivity contribution < 1.29 is 19.6 Å². The molecule has 3 aromatic carbocycles. The highest BCUT2D eigenvalue weighted by Gasteiger charge is 2.51. The zero-order valence-corrected chi connectivity index (χ0v) is 17.9. The molecular formula is C24H19ClN2O5. The molecule has 1 atom stereocenters. The predicted molar refractivity (Wildman–Crippen MR) is 120 cm³/mol. The van der Waals surface area contributed by atoms with Crippen molar-refractivity contribution in [2.45, 2.75) is 25.5 Å². The third-order valence-electron chi connectivity index (χ3n) is 5.70. The lowest BCUT2D eigenvalue weighted by Crippen LogP contribution is -2.41. The first kappa shape index (κ1) is 21.7. The second kappa shape index (κ2) is 8.18. The third kappa shape index (κ3) is 3.77. The van der Waals surface area contributed by atoms with E-state index in [1.54, 1.807) is 12.1 Å². The molecule has 1 heterocycles. The number of Topliss-reactive ketones (excluding diaryl/α,β-unsaturated/α-hetero) is 1. The second-order valence-corrected chi connectivity index (χ2v) is 8.18. The summed E-state index contributed by atoms with van der Waals surface area (Å²) in [5, 5.41) is 22.6. The summed E-state index contributed by atoms with van der Waals surface area (Å²) in [5.74, 6) is -1.13. The fourth-order valence-corrected chi connectivity index (χ4v) is 4.08. The van der Waals surface area contributed by atoms with E-state index in [0.29, 0.717) is 10.7 Å². The number of fused-ring (bicyclic) bond motifs is 1. The van der Waals surface area contributed by atoms with Gasteiger partial charge in [-0.3, -0.25) is 19.7 Å². The van der Waals surface area contributed by atoms with Crippen LogP contribution in [0.4, 0.5) is 11.4 Å². The first-order valence-electron chi connectivity index (χ1n) is 9.87. The number of carbonyl (C=O) groups excluding carboxylic acids is 2. The van der Waals surface area contributed by atoms with Crippen molar-refractivity contribution >= 4 is 34.7 Å². The molecule has 0 saturated carbocycles. The van der Waals surface area contributed by atoms with Crippen molar-refractivity contribution in [2.24, 2.45) is 0 Å². The fraction of sp³-hybridized carbons (Fsp3) is 0.167. The van der Waals surface area contributed by atoms with Crippen molar-refractivity contribution in [2.75, 3.05) is 4.90 Å².